The van der Waals surface area contributed by atoms with Crippen LogP contribution in [0.1, 0.15) is 47.0 Å². The monoisotopic (exact) mass is 298 g/mol. The van der Waals surface area contributed by atoms with Gasteiger partial charge in [-0.05, 0) is 40.2 Å². The summed E-state index contributed by atoms with van der Waals surface area (Å²) < 4.78 is 5.54. The molecule has 0 amide bonds. The van der Waals surface area contributed by atoms with Crippen molar-refractivity contribution in [2.45, 2.75) is 58.7 Å². The van der Waals surface area contributed by atoms with Crippen molar-refractivity contribution in [3.05, 3.63) is 11.8 Å². The summed E-state index contributed by atoms with van der Waals surface area (Å²) in [7, 11) is 0. The van der Waals surface area contributed by atoms with Crippen molar-refractivity contribution in [1.82, 2.24) is 10.6 Å². The molecule has 1 fully saturated rings. The normalized spacial score (nSPS) is 24.5. The van der Waals surface area contributed by atoms with Crippen molar-refractivity contribution in [2.75, 3.05) is 19.8 Å². The highest BCUT2D eigenvalue weighted by Gasteiger charge is 2.25. The number of nitrogens with one attached hydrogen (secondary N) is 2. The number of carbonyl (C=O) groups excluding carboxylic acids is 1. The van der Waals surface area contributed by atoms with Crippen molar-refractivity contribution < 1.29 is 14.6 Å². The molecule has 0 aliphatic carbocycles. The molecule has 5 nitrogen and oxygen atoms in total. The van der Waals surface area contributed by atoms with Gasteiger partial charge in [-0.2, -0.15) is 0 Å². The van der Waals surface area contributed by atoms with Crippen LogP contribution in [0.15, 0.2) is 11.8 Å². The number of Topliss-reactive ketones (excluding diaryl/α,β-unsaturated/α-hetero) is 1. The van der Waals surface area contributed by atoms with Gasteiger partial charge in [-0.15, -0.1) is 0 Å². The third kappa shape index (κ3) is 7.07. The van der Waals surface area contributed by atoms with E-state index in [0.717, 1.165) is 13.0 Å². The number of aliphatic hydroxyl groups is 1. The van der Waals surface area contributed by atoms with Crippen molar-refractivity contribution in [2.24, 2.45) is 5.92 Å². The molecule has 2 unspecified atom stereocenters. The Morgan fingerprint density at radius 1 is 1.48 bits per heavy atom. The van der Waals surface area contributed by atoms with Gasteiger partial charge < -0.3 is 15.2 Å². The Bertz CT molecular complexity index is 361. The van der Waals surface area contributed by atoms with Gasteiger partial charge in [0.2, 0.25) is 0 Å². The summed E-state index contributed by atoms with van der Waals surface area (Å²) in [5.41, 5.74) is 0.564. The zero-order valence-corrected chi connectivity index (χ0v) is 13.7. The first kappa shape index (κ1) is 18.1. The highest BCUT2D eigenvalue weighted by atomic mass is 16.5. The molecule has 122 valence electrons. The summed E-state index contributed by atoms with van der Waals surface area (Å²) in [5.74, 6) is -0.0452. The lowest BCUT2D eigenvalue weighted by Gasteiger charge is -2.26. The van der Waals surface area contributed by atoms with Crippen molar-refractivity contribution in [1.29, 1.82) is 0 Å². The van der Waals surface area contributed by atoms with Crippen molar-refractivity contribution in [3.8, 4) is 0 Å². The van der Waals surface area contributed by atoms with Crippen LogP contribution in [-0.2, 0) is 9.53 Å². The fourth-order valence-corrected chi connectivity index (χ4v) is 2.12. The van der Waals surface area contributed by atoms with E-state index in [9.17, 15) is 9.90 Å². The lowest BCUT2D eigenvalue weighted by atomic mass is 9.93. The summed E-state index contributed by atoms with van der Waals surface area (Å²) in [6, 6.07) is 0. The van der Waals surface area contributed by atoms with Crippen molar-refractivity contribution in [3.63, 3.8) is 0 Å². The van der Waals surface area contributed by atoms with Gasteiger partial charge in [0.05, 0.1) is 6.61 Å². The van der Waals surface area contributed by atoms with Crippen LogP contribution in [-0.4, -0.2) is 42.4 Å². The molecule has 0 aromatic carbocycles. The third-order valence-corrected chi connectivity index (χ3v) is 3.43. The average Bonchev–Trinajstić information content (AvgIpc) is 2.38. The van der Waals surface area contributed by atoms with Gasteiger partial charge in [-0.3, -0.25) is 10.1 Å². The second-order valence-corrected chi connectivity index (χ2v) is 6.69. The quantitative estimate of drug-likeness (QED) is 0.531. The number of rotatable bonds is 5. The maximum Gasteiger partial charge on any atom is 0.163 e. The zero-order chi connectivity index (χ0) is 15.9. The maximum absolute atomic E-state index is 12.3. The molecule has 5 heteroatoms. The number of ketones is 1. The third-order valence-electron chi connectivity index (χ3n) is 3.43. The van der Waals surface area contributed by atoms with Crippen molar-refractivity contribution >= 4 is 5.78 Å². The van der Waals surface area contributed by atoms with E-state index in [4.69, 9.17) is 4.74 Å². The molecule has 0 aromatic rings. The molecular formula is C16H30N2O3. The molecule has 0 spiro atoms. The molecule has 1 heterocycles. The molecule has 0 aromatic heterocycles. The molecule has 0 radical (unpaired) electrons. The number of hydrogen-bond acceptors (Lipinski definition) is 5. The van der Waals surface area contributed by atoms with Gasteiger partial charge in [0, 0.05) is 36.3 Å². The van der Waals surface area contributed by atoms with E-state index in [1.54, 1.807) is 6.20 Å². The minimum Gasteiger partial charge on any atom is -0.386 e. The highest BCUT2D eigenvalue weighted by molar-refractivity contribution is 5.95. The first-order chi connectivity index (χ1) is 9.83. The molecule has 3 N–H and O–H groups in total. The number of aliphatic hydroxyl groups excluding tert-OH is 1. The predicted molar refractivity (Wildman–Crippen MR) is 83.8 cm³/mol. The molecular weight excluding hydrogens is 268 g/mol. The fraction of sp³-hybridized carbons (Fsp3) is 0.812. The maximum atomic E-state index is 12.3. The molecule has 1 aliphatic heterocycles. The van der Waals surface area contributed by atoms with E-state index in [1.807, 2.05) is 27.7 Å². The van der Waals surface area contributed by atoms with Crippen LogP contribution in [0.3, 0.4) is 0 Å². The zero-order valence-electron chi connectivity index (χ0n) is 13.7. The van der Waals surface area contributed by atoms with E-state index >= 15 is 0 Å². The van der Waals surface area contributed by atoms with Crippen LogP contribution in [0, 0.1) is 5.92 Å². The first-order valence-corrected chi connectivity index (χ1v) is 7.82. The molecule has 1 saturated heterocycles. The van der Waals surface area contributed by atoms with Gasteiger partial charge in [0.1, 0.15) is 6.23 Å². The van der Waals surface area contributed by atoms with Crippen LogP contribution in [0.2, 0.25) is 0 Å². The highest BCUT2D eigenvalue weighted by Crippen LogP contribution is 2.19. The molecule has 2 atom stereocenters. The standard InChI is InChI=1S/C16H30N2O3/c1-5-7-17-15(20)12-6-8-21-11-13(14(19)9-12)10-18-16(2,3)4/h10,12,15,17-18,20H,5-9,11H2,1-4H3/b13-10+. The lowest BCUT2D eigenvalue weighted by molar-refractivity contribution is -0.119. The molecule has 0 bridgehead atoms. The van der Waals surface area contributed by atoms with Crippen LogP contribution in [0.4, 0.5) is 0 Å². The summed E-state index contributed by atoms with van der Waals surface area (Å²) in [6.45, 7) is 9.83. The van der Waals surface area contributed by atoms with Crippen LogP contribution < -0.4 is 10.6 Å². The Kier molecular flexibility index (Phi) is 7.35. The molecule has 21 heavy (non-hydrogen) atoms. The molecule has 1 aliphatic rings. The van der Waals surface area contributed by atoms with E-state index in [2.05, 4.69) is 10.6 Å². The van der Waals surface area contributed by atoms with Crippen LogP contribution >= 0.6 is 0 Å². The van der Waals surface area contributed by atoms with Gasteiger partial charge >= 0.3 is 0 Å². The Labute approximate surface area is 128 Å². The largest absolute Gasteiger partial charge is 0.386 e. The fourth-order valence-electron chi connectivity index (χ4n) is 2.12. The Morgan fingerprint density at radius 2 is 2.19 bits per heavy atom. The minimum absolute atomic E-state index is 0.0498. The summed E-state index contributed by atoms with van der Waals surface area (Å²) in [5, 5.41) is 16.4. The van der Waals surface area contributed by atoms with E-state index < -0.39 is 6.23 Å². The van der Waals surface area contributed by atoms with Crippen LogP contribution in [0.25, 0.3) is 0 Å². The minimum atomic E-state index is -0.646. The number of ether oxygens (including phenoxy) is 1. The summed E-state index contributed by atoms with van der Waals surface area (Å²) in [6.07, 6.45) is 3.13. The van der Waals surface area contributed by atoms with E-state index in [0.29, 0.717) is 31.6 Å². The smallest absolute Gasteiger partial charge is 0.163 e. The molecule has 1 rings (SSSR count). The van der Waals surface area contributed by atoms with Gasteiger partial charge in [-0.1, -0.05) is 6.92 Å². The Balaban J connectivity index is 2.66. The van der Waals surface area contributed by atoms with E-state index in [-0.39, 0.29) is 17.2 Å². The van der Waals surface area contributed by atoms with Gasteiger partial charge in [-0.25, -0.2) is 0 Å². The number of hydrogen-bond donors (Lipinski definition) is 3. The van der Waals surface area contributed by atoms with Crippen LogP contribution in [0.5, 0.6) is 0 Å². The Hall–Kier alpha value is -0.910. The van der Waals surface area contributed by atoms with E-state index in [1.165, 1.54) is 0 Å². The second kappa shape index (κ2) is 8.51. The van der Waals surface area contributed by atoms with Gasteiger partial charge in [0.15, 0.2) is 5.78 Å². The number of carbonyl (C=O) groups is 1. The average molecular weight is 298 g/mol. The summed E-state index contributed by atoms with van der Waals surface area (Å²) in [4.78, 5) is 12.3. The predicted octanol–water partition coefficient (Wildman–Crippen LogP) is 1.57. The SMILES string of the molecule is CCCNC(O)C1CCOC/C(=C\NC(C)(C)C)C(=O)C1. The lowest BCUT2D eigenvalue weighted by Crippen LogP contribution is -2.39. The second-order valence-electron chi connectivity index (χ2n) is 6.69. The topological polar surface area (TPSA) is 70.6 Å². The Morgan fingerprint density at radius 3 is 2.81 bits per heavy atom. The summed E-state index contributed by atoms with van der Waals surface area (Å²) >= 11 is 0. The van der Waals surface area contributed by atoms with Gasteiger partial charge in [0.25, 0.3) is 0 Å². The first-order valence-electron chi connectivity index (χ1n) is 7.82. The molecule has 0 saturated carbocycles.